The van der Waals surface area contributed by atoms with E-state index in [0.29, 0.717) is 5.69 Å². The Balaban J connectivity index is 1.99. The quantitative estimate of drug-likeness (QED) is 0.815. The maximum Gasteiger partial charge on any atom is 0.241 e. The lowest BCUT2D eigenvalue weighted by Crippen LogP contribution is -2.32. The van der Waals surface area contributed by atoms with E-state index in [4.69, 9.17) is 0 Å². The lowest BCUT2D eigenvalue weighted by atomic mass is 10.1. The molecule has 7 heteroatoms. The molecule has 0 aliphatic rings. The first-order valence-electron chi connectivity index (χ1n) is 6.90. The molecule has 0 saturated heterocycles. The summed E-state index contributed by atoms with van der Waals surface area (Å²) in [6.07, 6.45) is 0. The molecule has 2 rings (SSSR count). The molecule has 122 valence electrons. The van der Waals surface area contributed by atoms with Crippen LogP contribution in [0.3, 0.4) is 0 Å². The number of hydrogen-bond acceptors (Lipinski definition) is 3. The van der Waals surface area contributed by atoms with Crippen LogP contribution >= 0.6 is 15.9 Å². The largest absolute Gasteiger partial charge is 0.325 e. The van der Waals surface area contributed by atoms with E-state index in [1.54, 1.807) is 36.4 Å². The first-order valence-corrected chi connectivity index (χ1v) is 9.18. The van der Waals surface area contributed by atoms with Crippen molar-refractivity contribution in [3.05, 3.63) is 58.1 Å². The number of carbonyl (C=O) groups excluding carboxylic acids is 1. The second-order valence-corrected chi connectivity index (χ2v) is 7.81. The van der Waals surface area contributed by atoms with Crippen LogP contribution in [0.25, 0.3) is 0 Å². The summed E-state index contributed by atoms with van der Waals surface area (Å²) in [5, 5.41) is 2.63. The van der Waals surface area contributed by atoms with Gasteiger partial charge in [-0.15, -0.1) is 0 Å². The molecule has 0 fully saturated rings. The number of sulfonamides is 1. The first kappa shape index (κ1) is 17.7. The molecule has 0 radical (unpaired) electrons. The Kier molecular flexibility index (Phi) is 5.56. The lowest BCUT2D eigenvalue weighted by Gasteiger charge is -2.09. The average molecular weight is 397 g/mol. The summed E-state index contributed by atoms with van der Waals surface area (Å²) in [5.41, 5.74) is 2.49. The van der Waals surface area contributed by atoms with Crippen LogP contribution in [0.15, 0.2) is 51.8 Å². The molecule has 0 spiro atoms. The van der Waals surface area contributed by atoms with E-state index < -0.39 is 15.9 Å². The summed E-state index contributed by atoms with van der Waals surface area (Å²) in [6.45, 7) is 3.42. The topological polar surface area (TPSA) is 75.3 Å². The molecule has 0 atom stereocenters. The van der Waals surface area contributed by atoms with Crippen molar-refractivity contribution < 1.29 is 13.2 Å². The molecule has 2 aromatic carbocycles. The minimum atomic E-state index is -3.71. The van der Waals surface area contributed by atoms with Gasteiger partial charge in [0.05, 0.1) is 11.4 Å². The standard InChI is InChI=1S/C16H17BrN2O3S/c1-11-3-8-15(9-12(11)2)23(21,22)18-10-16(20)19-14-6-4-13(17)5-7-14/h3-9,18H,10H2,1-2H3,(H,19,20). The van der Waals surface area contributed by atoms with E-state index in [1.165, 1.54) is 6.07 Å². The molecular weight excluding hydrogens is 380 g/mol. The van der Waals surface area contributed by atoms with Crippen molar-refractivity contribution in [2.75, 3.05) is 11.9 Å². The maximum atomic E-state index is 12.2. The number of benzene rings is 2. The zero-order valence-electron chi connectivity index (χ0n) is 12.8. The fourth-order valence-corrected chi connectivity index (χ4v) is 3.19. The molecule has 0 unspecified atom stereocenters. The molecule has 2 aromatic rings. The van der Waals surface area contributed by atoms with E-state index in [-0.39, 0.29) is 11.4 Å². The number of hydrogen-bond donors (Lipinski definition) is 2. The molecule has 1 amide bonds. The predicted molar refractivity (Wildman–Crippen MR) is 93.9 cm³/mol. The Hall–Kier alpha value is -1.70. The second-order valence-electron chi connectivity index (χ2n) is 5.13. The van der Waals surface area contributed by atoms with Gasteiger partial charge in [-0.2, -0.15) is 0 Å². The van der Waals surface area contributed by atoms with Crippen LogP contribution in [-0.4, -0.2) is 20.9 Å². The Morgan fingerprint density at radius 1 is 1.04 bits per heavy atom. The lowest BCUT2D eigenvalue weighted by molar-refractivity contribution is -0.115. The molecule has 5 nitrogen and oxygen atoms in total. The fourth-order valence-electron chi connectivity index (χ4n) is 1.86. The van der Waals surface area contributed by atoms with Crippen molar-refractivity contribution in [1.29, 1.82) is 0 Å². The van der Waals surface area contributed by atoms with Crippen molar-refractivity contribution in [3.63, 3.8) is 0 Å². The Bertz CT molecular complexity index is 818. The zero-order valence-corrected chi connectivity index (χ0v) is 15.2. The highest BCUT2D eigenvalue weighted by Crippen LogP contribution is 2.15. The minimum Gasteiger partial charge on any atom is -0.325 e. The van der Waals surface area contributed by atoms with E-state index >= 15 is 0 Å². The molecule has 2 N–H and O–H groups in total. The highest BCUT2D eigenvalue weighted by Gasteiger charge is 2.16. The molecule has 0 aliphatic heterocycles. The summed E-state index contributed by atoms with van der Waals surface area (Å²) < 4.78 is 27.6. The van der Waals surface area contributed by atoms with Gasteiger partial charge in [0.1, 0.15) is 0 Å². The van der Waals surface area contributed by atoms with Crippen molar-refractivity contribution in [3.8, 4) is 0 Å². The minimum absolute atomic E-state index is 0.150. The number of aryl methyl sites for hydroxylation is 2. The molecule has 0 aromatic heterocycles. The van der Waals surface area contributed by atoms with E-state index in [2.05, 4.69) is 26.0 Å². The van der Waals surface area contributed by atoms with Gasteiger partial charge < -0.3 is 5.32 Å². The van der Waals surface area contributed by atoms with Crippen molar-refractivity contribution in [2.24, 2.45) is 0 Å². The van der Waals surface area contributed by atoms with Gasteiger partial charge >= 0.3 is 0 Å². The van der Waals surface area contributed by atoms with Crippen LogP contribution in [-0.2, 0) is 14.8 Å². The van der Waals surface area contributed by atoms with Gasteiger partial charge in [-0.1, -0.05) is 22.0 Å². The SMILES string of the molecule is Cc1ccc(S(=O)(=O)NCC(=O)Nc2ccc(Br)cc2)cc1C. The van der Waals surface area contributed by atoms with Crippen LogP contribution in [0.5, 0.6) is 0 Å². The van der Waals surface area contributed by atoms with Crippen LogP contribution in [0.2, 0.25) is 0 Å². The molecule has 23 heavy (non-hydrogen) atoms. The van der Waals surface area contributed by atoms with Crippen LogP contribution < -0.4 is 10.0 Å². The van der Waals surface area contributed by atoms with E-state index in [1.807, 2.05) is 13.8 Å². The van der Waals surface area contributed by atoms with Gasteiger partial charge in [0.15, 0.2) is 0 Å². The van der Waals surface area contributed by atoms with Gasteiger partial charge in [-0.3, -0.25) is 4.79 Å². The van der Waals surface area contributed by atoms with Gasteiger partial charge in [-0.05, 0) is 61.4 Å². The van der Waals surface area contributed by atoms with Gasteiger partial charge in [0, 0.05) is 10.2 Å². The average Bonchev–Trinajstić information content (AvgIpc) is 2.50. The smallest absolute Gasteiger partial charge is 0.241 e. The number of rotatable bonds is 5. The third kappa shape index (κ3) is 4.89. The highest BCUT2D eigenvalue weighted by molar-refractivity contribution is 9.10. The van der Waals surface area contributed by atoms with Crippen LogP contribution in [0.4, 0.5) is 5.69 Å². The summed E-state index contributed by atoms with van der Waals surface area (Å²) >= 11 is 3.30. The van der Waals surface area contributed by atoms with Crippen LogP contribution in [0.1, 0.15) is 11.1 Å². The summed E-state index contributed by atoms with van der Waals surface area (Å²) in [6, 6.07) is 11.9. The number of carbonyl (C=O) groups is 1. The first-order chi connectivity index (χ1) is 10.8. The number of amides is 1. The normalized spacial score (nSPS) is 11.3. The Morgan fingerprint density at radius 3 is 2.30 bits per heavy atom. The Labute approximate surface area is 144 Å². The van der Waals surface area contributed by atoms with Gasteiger partial charge in [0.2, 0.25) is 15.9 Å². The molecule has 0 heterocycles. The predicted octanol–water partition coefficient (Wildman–Crippen LogP) is 2.98. The fraction of sp³-hybridized carbons (Fsp3) is 0.188. The second kappa shape index (κ2) is 7.25. The number of halogens is 1. The van der Waals surface area contributed by atoms with Gasteiger partial charge in [-0.25, -0.2) is 13.1 Å². The molecule has 0 aliphatic carbocycles. The van der Waals surface area contributed by atoms with Crippen LogP contribution in [0, 0.1) is 13.8 Å². The third-order valence-electron chi connectivity index (χ3n) is 3.34. The van der Waals surface area contributed by atoms with E-state index in [0.717, 1.165) is 15.6 Å². The number of anilines is 1. The molecular formula is C16H17BrN2O3S. The molecule has 0 bridgehead atoms. The highest BCUT2D eigenvalue weighted by atomic mass is 79.9. The van der Waals surface area contributed by atoms with E-state index in [9.17, 15) is 13.2 Å². The van der Waals surface area contributed by atoms with Crippen molar-refractivity contribution >= 4 is 37.5 Å². The summed E-state index contributed by atoms with van der Waals surface area (Å²) in [7, 11) is -3.71. The third-order valence-corrected chi connectivity index (χ3v) is 5.27. The summed E-state index contributed by atoms with van der Waals surface area (Å²) in [5.74, 6) is -0.431. The monoisotopic (exact) mass is 396 g/mol. The zero-order chi connectivity index (χ0) is 17.0. The van der Waals surface area contributed by atoms with Crippen molar-refractivity contribution in [2.45, 2.75) is 18.7 Å². The Morgan fingerprint density at radius 2 is 1.70 bits per heavy atom. The summed E-state index contributed by atoms with van der Waals surface area (Å²) in [4.78, 5) is 12.0. The molecule has 0 saturated carbocycles. The number of nitrogens with one attached hydrogen (secondary N) is 2. The maximum absolute atomic E-state index is 12.2. The van der Waals surface area contributed by atoms with Crippen molar-refractivity contribution in [1.82, 2.24) is 4.72 Å². The van der Waals surface area contributed by atoms with Gasteiger partial charge in [0.25, 0.3) is 0 Å².